The molecule has 0 unspecified atom stereocenters. The Kier molecular flexibility index (Phi) is 3.88. The molecule has 0 radical (unpaired) electrons. The molecule has 1 aliphatic heterocycles. The molecule has 1 aliphatic rings. The lowest BCUT2D eigenvalue weighted by Crippen LogP contribution is -2.35. The Bertz CT molecular complexity index is 633. The predicted octanol–water partition coefficient (Wildman–Crippen LogP) is 2.83. The third kappa shape index (κ3) is 3.05. The van der Waals surface area contributed by atoms with Crippen LogP contribution in [-0.4, -0.2) is 29.3 Å². The lowest BCUT2D eigenvalue weighted by atomic mass is 10.1. The van der Waals surface area contributed by atoms with Gasteiger partial charge >= 0.3 is 0 Å². The molecule has 6 heteroatoms. The molecule has 112 valence electrons. The van der Waals surface area contributed by atoms with Crippen LogP contribution in [-0.2, 0) is 0 Å². The van der Waals surface area contributed by atoms with E-state index >= 15 is 0 Å². The summed E-state index contributed by atoms with van der Waals surface area (Å²) in [6, 6.07) is 4.48. The topological polar surface area (TPSA) is 52.7 Å². The third-order valence-electron chi connectivity index (χ3n) is 3.81. The second-order valence-electron chi connectivity index (χ2n) is 5.42. The first-order chi connectivity index (χ1) is 10.1. The molecule has 0 spiro atoms. The molecule has 2 heterocycles. The first kappa shape index (κ1) is 14.0. The fraction of sp³-hybridized carbons (Fsp3) is 0.400. The van der Waals surface area contributed by atoms with Gasteiger partial charge in [-0.3, -0.25) is 5.10 Å². The molecule has 2 aromatic rings. The molecule has 3 rings (SSSR count). The van der Waals surface area contributed by atoms with E-state index in [0.717, 1.165) is 25.9 Å². The number of piperidine rings is 1. The lowest BCUT2D eigenvalue weighted by molar-refractivity contribution is 0.478. The molecule has 1 aromatic heterocycles. The second kappa shape index (κ2) is 5.81. The minimum Gasteiger partial charge on any atom is -0.366 e. The Labute approximate surface area is 122 Å². The molecule has 3 N–H and O–H groups in total. The van der Waals surface area contributed by atoms with Crippen LogP contribution in [0.2, 0.25) is 0 Å². The summed E-state index contributed by atoms with van der Waals surface area (Å²) in [6.07, 6.45) is 2.05. The average Bonchev–Trinajstić information content (AvgIpc) is 2.92. The van der Waals surface area contributed by atoms with Crippen LogP contribution in [0.4, 0.5) is 14.6 Å². The smallest absolute Gasteiger partial charge is 0.148 e. The van der Waals surface area contributed by atoms with Gasteiger partial charge in [0.2, 0.25) is 0 Å². The summed E-state index contributed by atoms with van der Waals surface area (Å²) in [7, 11) is 0. The number of aryl methyl sites for hydroxylation is 1. The third-order valence-corrected chi connectivity index (χ3v) is 3.81. The van der Waals surface area contributed by atoms with Crippen LogP contribution in [0.25, 0.3) is 11.3 Å². The van der Waals surface area contributed by atoms with Crippen LogP contribution < -0.4 is 10.6 Å². The number of hydrogen-bond acceptors (Lipinski definition) is 3. The molecule has 4 nitrogen and oxygen atoms in total. The number of H-pyrrole nitrogens is 1. The van der Waals surface area contributed by atoms with E-state index in [2.05, 4.69) is 20.8 Å². The van der Waals surface area contributed by atoms with Crippen LogP contribution in [0.1, 0.15) is 18.4 Å². The van der Waals surface area contributed by atoms with Crippen molar-refractivity contribution in [3.8, 4) is 11.3 Å². The van der Waals surface area contributed by atoms with Crippen molar-refractivity contribution >= 4 is 5.82 Å². The molecular weight excluding hydrogens is 274 g/mol. The summed E-state index contributed by atoms with van der Waals surface area (Å²) in [5.41, 5.74) is 0.968. The Balaban J connectivity index is 1.79. The van der Waals surface area contributed by atoms with Gasteiger partial charge in [-0.2, -0.15) is 5.10 Å². The largest absolute Gasteiger partial charge is 0.366 e. The molecule has 0 atom stereocenters. The molecule has 21 heavy (non-hydrogen) atoms. The highest BCUT2D eigenvalue weighted by molar-refractivity contribution is 5.64. The first-order valence-corrected chi connectivity index (χ1v) is 7.12. The highest BCUT2D eigenvalue weighted by Crippen LogP contribution is 2.26. The number of rotatable bonds is 3. The Morgan fingerprint density at radius 3 is 2.67 bits per heavy atom. The molecule has 1 aromatic carbocycles. The maximum Gasteiger partial charge on any atom is 0.148 e. The SMILES string of the molecule is Cc1cc(F)c(-c2cc(NC3CCNCC3)n[nH]2)cc1F. The van der Waals surface area contributed by atoms with Crippen molar-refractivity contribution in [3.05, 3.63) is 35.4 Å². The van der Waals surface area contributed by atoms with Gasteiger partial charge in [0.15, 0.2) is 0 Å². The molecule has 1 fully saturated rings. The van der Waals surface area contributed by atoms with Crippen LogP contribution in [0, 0.1) is 18.6 Å². The summed E-state index contributed by atoms with van der Waals surface area (Å²) in [5, 5.41) is 13.5. The normalized spacial score (nSPS) is 16.1. The molecule has 0 aliphatic carbocycles. The number of hydrogen-bond donors (Lipinski definition) is 3. The van der Waals surface area contributed by atoms with E-state index in [0.29, 0.717) is 23.1 Å². The highest BCUT2D eigenvalue weighted by Gasteiger charge is 2.16. The lowest BCUT2D eigenvalue weighted by Gasteiger charge is -2.23. The molecule has 0 saturated carbocycles. The number of nitrogens with zero attached hydrogens (tertiary/aromatic N) is 1. The van der Waals surface area contributed by atoms with E-state index in [-0.39, 0.29) is 5.56 Å². The monoisotopic (exact) mass is 292 g/mol. The van der Waals surface area contributed by atoms with E-state index in [4.69, 9.17) is 0 Å². The zero-order valence-electron chi connectivity index (χ0n) is 11.8. The number of aromatic amines is 1. The molecular formula is C15H18F2N4. The van der Waals surface area contributed by atoms with Gasteiger partial charge in [0, 0.05) is 17.7 Å². The Morgan fingerprint density at radius 2 is 1.90 bits per heavy atom. The maximum atomic E-state index is 13.9. The molecule has 0 amide bonds. The fourth-order valence-corrected chi connectivity index (χ4v) is 2.56. The van der Waals surface area contributed by atoms with Crippen LogP contribution in [0.3, 0.4) is 0 Å². The number of benzene rings is 1. The van der Waals surface area contributed by atoms with E-state index < -0.39 is 11.6 Å². The zero-order chi connectivity index (χ0) is 14.8. The fourth-order valence-electron chi connectivity index (χ4n) is 2.56. The number of aromatic nitrogens is 2. The van der Waals surface area contributed by atoms with E-state index in [1.807, 2.05) is 0 Å². The zero-order valence-corrected chi connectivity index (χ0v) is 11.8. The van der Waals surface area contributed by atoms with Crippen LogP contribution >= 0.6 is 0 Å². The van der Waals surface area contributed by atoms with Gasteiger partial charge < -0.3 is 10.6 Å². The minimum absolute atomic E-state index is 0.198. The van der Waals surface area contributed by atoms with Crippen LogP contribution in [0.5, 0.6) is 0 Å². The van der Waals surface area contributed by atoms with Gasteiger partial charge in [-0.1, -0.05) is 0 Å². The van der Waals surface area contributed by atoms with Crippen LogP contribution in [0.15, 0.2) is 18.2 Å². The Morgan fingerprint density at radius 1 is 1.14 bits per heavy atom. The van der Waals surface area contributed by atoms with Crippen molar-refractivity contribution in [2.75, 3.05) is 18.4 Å². The summed E-state index contributed by atoms with van der Waals surface area (Å²) < 4.78 is 27.5. The van der Waals surface area contributed by atoms with Crippen molar-refractivity contribution in [2.45, 2.75) is 25.8 Å². The predicted molar refractivity (Wildman–Crippen MR) is 78.2 cm³/mol. The van der Waals surface area contributed by atoms with Gasteiger partial charge in [-0.15, -0.1) is 0 Å². The van der Waals surface area contributed by atoms with Gasteiger partial charge in [-0.05, 0) is 50.6 Å². The van der Waals surface area contributed by atoms with Crippen molar-refractivity contribution in [1.29, 1.82) is 0 Å². The summed E-state index contributed by atoms with van der Waals surface area (Å²) >= 11 is 0. The van der Waals surface area contributed by atoms with Crippen molar-refractivity contribution < 1.29 is 8.78 Å². The second-order valence-corrected chi connectivity index (χ2v) is 5.42. The van der Waals surface area contributed by atoms with E-state index in [1.54, 1.807) is 13.0 Å². The summed E-state index contributed by atoms with van der Waals surface area (Å²) in [4.78, 5) is 0. The maximum absolute atomic E-state index is 13.9. The number of anilines is 1. The van der Waals surface area contributed by atoms with Crippen molar-refractivity contribution in [2.24, 2.45) is 0 Å². The molecule has 1 saturated heterocycles. The van der Waals surface area contributed by atoms with Gasteiger partial charge in [0.1, 0.15) is 17.5 Å². The van der Waals surface area contributed by atoms with Gasteiger partial charge in [0.05, 0.1) is 5.69 Å². The van der Waals surface area contributed by atoms with Crippen molar-refractivity contribution in [3.63, 3.8) is 0 Å². The quantitative estimate of drug-likeness (QED) is 0.815. The van der Waals surface area contributed by atoms with E-state index in [1.165, 1.54) is 12.1 Å². The Hall–Kier alpha value is -1.95. The highest BCUT2D eigenvalue weighted by atomic mass is 19.1. The van der Waals surface area contributed by atoms with Gasteiger partial charge in [0.25, 0.3) is 0 Å². The summed E-state index contributed by atoms with van der Waals surface area (Å²) in [6.45, 7) is 3.50. The van der Waals surface area contributed by atoms with E-state index in [9.17, 15) is 8.78 Å². The summed E-state index contributed by atoms with van der Waals surface area (Å²) in [5.74, 6) is -0.211. The van der Waals surface area contributed by atoms with Crippen molar-refractivity contribution in [1.82, 2.24) is 15.5 Å². The standard InChI is InChI=1S/C15H18F2N4/c1-9-6-13(17)11(7-12(9)16)14-8-15(21-20-14)19-10-2-4-18-5-3-10/h6-8,10,18H,2-5H2,1H3,(H2,19,20,21). The minimum atomic E-state index is -0.453. The average molecular weight is 292 g/mol. The number of nitrogens with one attached hydrogen (secondary N) is 3. The first-order valence-electron chi connectivity index (χ1n) is 7.12. The van der Waals surface area contributed by atoms with Gasteiger partial charge in [-0.25, -0.2) is 8.78 Å². The number of halogens is 2. The molecule has 0 bridgehead atoms.